The van der Waals surface area contributed by atoms with Gasteiger partial charge in [-0.05, 0) is 29.3 Å². The predicted molar refractivity (Wildman–Crippen MR) is 104 cm³/mol. The summed E-state index contributed by atoms with van der Waals surface area (Å²) >= 11 is 1.43. The van der Waals surface area contributed by atoms with E-state index in [4.69, 9.17) is 5.73 Å². The smallest absolute Gasteiger partial charge is 0.261 e. The van der Waals surface area contributed by atoms with Gasteiger partial charge in [0.25, 0.3) is 5.91 Å². The summed E-state index contributed by atoms with van der Waals surface area (Å²) in [6, 6.07) is 17.8. The minimum absolute atomic E-state index is 0.0798. The second-order valence-corrected chi connectivity index (χ2v) is 6.89. The summed E-state index contributed by atoms with van der Waals surface area (Å²) in [4.78, 5) is 17.5. The third kappa shape index (κ3) is 3.24. The van der Waals surface area contributed by atoms with Crippen molar-refractivity contribution in [3.8, 4) is 5.69 Å². The monoisotopic (exact) mass is 362 g/mol. The van der Waals surface area contributed by atoms with Crippen LogP contribution in [0.4, 0.5) is 0 Å². The second-order valence-electron chi connectivity index (χ2n) is 5.98. The molecule has 0 aliphatic heterocycles. The Labute approximate surface area is 155 Å². The van der Waals surface area contributed by atoms with Gasteiger partial charge in [0.2, 0.25) is 0 Å². The van der Waals surface area contributed by atoms with Crippen LogP contribution in [0.1, 0.15) is 20.8 Å². The van der Waals surface area contributed by atoms with Crippen molar-refractivity contribution in [3.63, 3.8) is 0 Å². The summed E-state index contributed by atoms with van der Waals surface area (Å²) in [5, 5.41) is 4.94. The van der Waals surface area contributed by atoms with Gasteiger partial charge in [0.15, 0.2) is 0 Å². The van der Waals surface area contributed by atoms with Crippen LogP contribution in [0.5, 0.6) is 0 Å². The van der Waals surface area contributed by atoms with Gasteiger partial charge in [-0.25, -0.2) is 4.98 Å². The number of thiophene rings is 1. The highest BCUT2D eigenvalue weighted by atomic mass is 32.1. The largest absolute Gasteiger partial charge is 0.347 e. The van der Waals surface area contributed by atoms with Crippen molar-refractivity contribution in [2.24, 2.45) is 5.73 Å². The van der Waals surface area contributed by atoms with E-state index in [-0.39, 0.29) is 5.91 Å². The molecule has 0 saturated carbocycles. The van der Waals surface area contributed by atoms with Gasteiger partial charge in [0, 0.05) is 18.5 Å². The van der Waals surface area contributed by atoms with Crippen molar-refractivity contribution >= 4 is 28.3 Å². The number of aromatic nitrogens is 2. The number of hydrogen-bond acceptors (Lipinski definition) is 4. The number of amides is 1. The van der Waals surface area contributed by atoms with Gasteiger partial charge in [-0.15, -0.1) is 11.3 Å². The molecule has 2 aromatic carbocycles. The van der Waals surface area contributed by atoms with Gasteiger partial charge in [-0.1, -0.05) is 36.4 Å². The molecule has 0 unspecified atom stereocenters. The van der Waals surface area contributed by atoms with Crippen molar-refractivity contribution in [2.75, 3.05) is 0 Å². The first kappa shape index (κ1) is 16.5. The molecule has 2 heterocycles. The molecule has 0 radical (unpaired) electrons. The molecule has 0 aliphatic carbocycles. The number of nitrogens with two attached hydrogens (primary N) is 1. The SMILES string of the molecule is NCc1cccc(CNC(=O)c2cc(-n3cnc4ccccc43)cs2)c1. The van der Waals surface area contributed by atoms with Gasteiger partial charge in [0.1, 0.15) is 6.33 Å². The first-order valence-electron chi connectivity index (χ1n) is 8.31. The lowest BCUT2D eigenvalue weighted by Gasteiger charge is -2.05. The molecule has 1 amide bonds. The lowest BCUT2D eigenvalue weighted by Crippen LogP contribution is -2.21. The predicted octanol–water partition coefficient (Wildman–Crippen LogP) is 3.48. The van der Waals surface area contributed by atoms with E-state index >= 15 is 0 Å². The highest BCUT2D eigenvalue weighted by molar-refractivity contribution is 7.12. The number of rotatable bonds is 5. The molecule has 0 aliphatic rings. The van der Waals surface area contributed by atoms with Gasteiger partial charge >= 0.3 is 0 Å². The molecule has 2 aromatic heterocycles. The molecule has 0 bridgehead atoms. The van der Waals surface area contributed by atoms with E-state index in [0.717, 1.165) is 27.8 Å². The van der Waals surface area contributed by atoms with Crippen LogP contribution in [0.3, 0.4) is 0 Å². The number of benzene rings is 2. The number of imidazole rings is 1. The molecule has 0 fully saturated rings. The molecule has 130 valence electrons. The maximum absolute atomic E-state index is 12.5. The third-order valence-corrected chi connectivity index (χ3v) is 5.14. The first-order chi connectivity index (χ1) is 12.7. The van der Waals surface area contributed by atoms with E-state index < -0.39 is 0 Å². The van der Waals surface area contributed by atoms with E-state index in [1.807, 2.05) is 64.5 Å². The van der Waals surface area contributed by atoms with Crippen molar-refractivity contribution in [3.05, 3.63) is 82.3 Å². The van der Waals surface area contributed by atoms with E-state index in [2.05, 4.69) is 10.3 Å². The van der Waals surface area contributed by atoms with Crippen LogP contribution >= 0.6 is 11.3 Å². The molecule has 0 saturated heterocycles. The van der Waals surface area contributed by atoms with Crippen molar-refractivity contribution in [2.45, 2.75) is 13.1 Å². The Bertz CT molecular complexity index is 1070. The molecule has 4 aromatic rings. The lowest BCUT2D eigenvalue weighted by atomic mass is 10.1. The number of nitrogens with zero attached hydrogens (tertiary/aromatic N) is 2. The summed E-state index contributed by atoms with van der Waals surface area (Å²) in [6.45, 7) is 0.975. The molecular formula is C20H18N4OS. The van der Waals surface area contributed by atoms with Crippen molar-refractivity contribution < 1.29 is 4.79 Å². The van der Waals surface area contributed by atoms with E-state index in [9.17, 15) is 4.79 Å². The third-order valence-electron chi connectivity index (χ3n) is 4.22. The standard InChI is InChI=1S/C20H18N4OS/c21-10-14-4-3-5-15(8-14)11-22-20(25)19-9-16(12-26-19)24-13-23-17-6-1-2-7-18(17)24/h1-9,12-13H,10-11,21H2,(H,22,25). The Balaban J connectivity index is 1.49. The Hall–Kier alpha value is -2.96. The minimum Gasteiger partial charge on any atom is -0.347 e. The molecule has 0 atom stereocenters. The number of hydrogen-bond donors (Lipinski definition) is 2. The van der Waals surface area contributed by atoms with E-state index in [1.54, 1.807) is 6.33 Å². The molecule has 4 rings (SSSR count). The summed E-state index contributed by atoms with van der Waals surface area (Å²) in [7, 11) is 0. The fourth-order valence-electron chi connectivity index (χ4n) is 2.87. The van der Waals surface area contributed by atoms with Gasteiger partial charge in [-0.2, -0.15) is 0 Å². The Kier molecular flexibility index (Phi) is 4.51. The number of para-hydroxylation sites is 2. The zero-order valence-electron chi connectivity index (χ0n) is 14.1. The molecule has 3 N–H and O–H groups in total. The average Bonchev–Trinajstić information content (AvgIpc) is 3.33. The minimum atomic E-state index is -0.0798. The van der Waals surface area contributed by atoms with Crippen LogP contribution in [0.15, 0.2) is 66.3 Å². The average molecular weight is 362 g/mol. The summed E-state index contributed by atoms with van der Waals surface area (Å²) < 4.78 is 1.99. The fraction of sp³-hybridized carbons (Fsp3) is 0.100. The molecule has 5 nitrogen and oxygen atoms in total. The zero-order chi connectivity index (χ0) is 17.9. The molecule has 6 heteroatoms. The second kappa shape index (κ2) is 7.11. The quantitative estimate of drug-likeness (QED) is 0.571. The maximum atomic E-state index is 12.5. The first-order valence-corrected chi connectivity index (χ1v) is 9.19. The Morgan fingerprint density at radius 3 is 2.85 bits per heavy atom. The molecule has 0 spiro atoms. The number of carbonyl (C=O) groups is 1. The van der Waals surface area contributed by atoms with Crippen LogP contribution < -0.4 is 11.1 Å². The summed E-state index contributed by atoms with van der Waals surface area (Å²) in [5.41, 5.74) is 10.7. The van der Waals surface area contributed by atoms with Crippen molar-refractivity contribution in [1.82, 2.24) is 14.9 Å². The fourth-order valence-corrected chi connectivity index (χ4v) is 3.67. The van der Waals surface area contributed by atoms with Crippen molar-refractivity contribution in [1.29, 1.82) is 0 Å². The Morgan fingerprint density at radius 1 is 1.12 bits per heavy atom. The number of fused-ring (bicyclic) bond motifs is 1. The summed E-state index contributed by atoms with van der Waals surface area (Å²) in [5.74, 6) is -0.0798. The van der Waals surface area contributed by atoms with Crippen LogP contribution in [0.2, 0.25) is 0 Å². The highest BCUT2D eigenvalue weighted by Gasteiger charge is 2.11. The van der Waals surface area contributed by atoms with Gasteiger partial charge in [-0.3, -0.25) is 9.36 Å². The zero-order valence-corrected chi connectivity index (χ0v) is 14.9. The van der Waals surface area contributed by atoms with E-state index in [1.165, 1.54) is 11.3 Å². The molecular weight excluding hydrogens is 344 g/mol. The van der Waals surface area contributed by atoms with Crippen LogP contribution in [0.25, 0.3) is 16.7 Å². The van der Waals surface area contributed by atoms with Crippen LogP contribution in [0, 0.1) is 0 Å². The maximum Gasteiger partial charge on any atom is 0.261 e. The molecule has 26 heavy (non-hydrogen) atoms. The van der Waals surface area contributed by atoms with Crippen LogP contribution in [-0.2, 0) is 13.1 Å². The van der Waals surface area contributed by atoms with Gasteiger partial charge < -0.3 is 11.1 Å². The topological polar surface area (TPSA) is 72.9 Å². The van der Waals surface area contributed by atoms with Crippen LogP contribution in [-0.4, -0.2) is 15.5 Å². The summed E-state index contributed by atoms with van der Waals surface area (Å²) in [6.07, 6.45) is 1.78. The number of nitrogens with one attached hydrogen (secondary N) is 1. The van der Waals surface area contributed by atoms with E-state index in [0.29, 0.717) is 18.0 Å². The number of carbonyl (C=O) groups excluding carboxylic acids is 1. The lowest BCUT2D eigenvalue weighted by molar-refractivity contribution is 0.0955. The van der Waals surface area contributed by atoms with Gasteiger partial charge in [0.05, 0.1) is 21.6 Å². The Morgan fingerprint density at radius 2 is 1.96 bits per heavy atom. The normalized spacial score (nSPS) is 11.0. The highest BCUT2D eigenvalue weighted by Crippen LogP contribution is 2.23.